The topological polar surface area (TPSA) is 127 Å². The van der Waals surface area contributed by atoms with Crippen LogP contribution in [0, 0.1) is 0 Å². The molecule has 0 bridgehead atoms. The molecule has 0 aliphatic heterocycles. The highest BCUT2D eigenvalue weighted by Crippen LogP contribution is 2.29. The van der Waals surface area contributed by atoms with Crippen LogP contribution in [-0.2, 0) is 10.1 Å². The van der Waals surface area contributed by atoms with Crippen molar-refractivity contribution < 1.29 is 28.3 Å². The molecule has 0 radical (unpaired) electrons. The third-order valence-corrected chi connectivity index (χ3v) is 3.45. The molecule has 0 saturated carbocycles. The standard InChI is InChI=1S/C13H11NO6S/c15-9-2-1-8(13(17)5-9)7-14-11-6-10(21(18,19)20)3-4-12(11)16/h1-7,15-17H,(H,18,19,20). The van der Waals surface area contributed by atoms with Gasteiger partial charge in [-0.3, -0.25) is 9.55 Å². The van der Waals surface area contributed by atoms with Crippen LogP contribution in [0.2, 0.25) is 0 Å². The fourth-order valence-corrected chi connectivity index (χ4v) is 2.05. The number of hydrogen-bond donors (Lipinski definition) is 4. The average Bonchev–Trinajstić information content (AvgIpc) is 2.38. The van der Waals surface area contributed by atoms with E-state index in [0.29, 0.717) is 0 Å². The highest BCUT2D eigenvalue weighted by molar-refractivity contribution is 7.85. The Morgan fingerprint density at radius 1 is 0.952 bits per heavy atom. The molecule has 0 unspecified atom stereocenters. The van der Waals surface area contributed by atoms with Crippen LogP contribution in [0.4, 0.5) is 5.69 Å². The summed E-state index contributed by atoms with van der Waals surface area (Å²) in [5.74, 6) is -0.651. The number of rotatable bonds is 3. The number of aromatic hydroxyl groups is 3. The van der Waals surface area contributed by atoms with Gasteiger partial charge in [0, 0.05) is 17.8 Å². The maximum atomic E-state index is 11.0. The molecule has 0 aliphatic rings. The molecule has 0 saturated heterocycles. The Hall–Kier alpha value is -2.58. The summed E-state index contributed by atoms with van der Waals surface area (Å²) >= 11 is 0. The second-order valence-electron chi connectivity index (χ2n) is 4.13. The molecule has 7 nitrogen and oxygen atoms in total. The van der Waals surface area contributed by atoms with Gasteiger partial charge in [0.05, 0.1) is 4.90 Å². The van der Waals surface area contributed by atoms with Crippen molar-refractivity contribution in [2.75, 3.05) is 0 Å². The molecule has 0 fully saturated rings. The normalized spacial score (nSPS) is 11.9. The lowest BCUT2D eigenvalue weighted by Crippen LogP contribution is -1.97. The van der Waals surface area contributed by atoms with Gasteiger partial charge in [-0.1, -0.05) is 0 Å². The van der Waals surface area contributed by atoms with Gasteiger partial charge in [-0.25, -0.2) is 0 Å². The Balaban J connectivity index is 2.41. The minimum absolute atomic E-state index is 0.0994. The minimum Gasteiger partial charge on any atom is -0.508 e. The molecular formula is C13H11NO6S. The first-order chi connectivity index (χ1) is 9.77. The zero-order chi connectivity index (χ0) is 15.6. The predicted octanol–water partition coefficient (Wildman–Crippen LogP) is 1.80. The minimum atomic E-state index is -4.41. The van der Waals surface area contributed by atoms with Crippen molar-refractivity contribution in [3.63, 3.8) is 0 Å². The zero-order valence-electron chi connectivity index (χ0n) is 10.5. The predicted molar refractivity (Wildman–Crippen MR) is 74.9 cm³/mol. The van der Waals surface area contributed by atoms with Crippen molar-refractivity contribution in [3.05, 3.63) is 42.0 Å². The molecule has 2 aromatic carbocycles. The van der Waals surface area contributed by atoms with Crippen LogP contribution in [0.25, 0.3) is 0 Å². The first-order valence-electron chi connectivity index (χ1n) is 5.64. The second-order valence-corrected chi connectivity index (χ2v) is 5.55. The van der Waals surface area contributed by atoms with Crippen molar-refractivity contribution >= 4 is 22.0 Å². The fourth-order valence-electron chi connectivity index (χ4n) is 1.55. The van der Waals surface area contributed by atoms with Gasteiger partial charge in [0.15, 0.2) is 0 Å². The third-order valence-electron chi connectivity index (χ3n) is 2.60. The van der Waals surface area contributed by atoms with Gasteiger partial charge in [-0.2, -0.15) is 8.42 Å². The van der Waals surface area contributed by atoms with Crippen LogP contribution in [0.3, 0.4) is 0 Å². The first kappa shape index (κ1) is 14.8. The van der Waals surface area contributed by atoms with Crippen molar-refractivity contribution in [2.24, 2.45) is 4.99 Å². The van der Waals surface area contributed by atoms with E-state index >= 15 is 0 Å². The van der Waals surface area contributed by atoms with E-state index in [2.05, 4.69) is 4.99 Å². The fraction of sp³-hybridized carbons (Fsp3) is 0. The summed E-state index contributed by atoms with van der Waals surface area (Å²) in [6.07, 6.45) is 1.18. The summed E-state index contributed by atoms with van der Waals surface area (Å²) in [6.45, 7) is 0. The molecule has 2 rings (SSSR count). The Bertz CT molecular complexity index is 813. The molecule has 2 aromatic rings. The monoisotopic (exact) mass is 309 g/mol. The number of hydrogen-bond acceptors (Lipinski definition) is 6. The zero-order valence-corrected chi connectivity index (χ0v) is 11.3. The Labute approximate surface area is 120 Å². The summed E-state index contributed by atoms with van der Waals surface area (Å²) in [7, 11) is -4.41. The van der Waals surface area contributed by atoms with Crippen LogP contribution in [0.5, 0.6) is 17.2 Å². The summed E-state index contributed by atoms with van der Waals surface area (Å²) < 4.78 is 31.0. The molecule has 0 spiro atoms. The molecule has 0 atom stereocenters. The van der Waals surface area contributed by atoms with Gasteiger partial charge in [-0.15, -0.1) is 0 Å². The molecule has 8 heteroatoms. The second kappa shape index (κ2) is 5.43. The summed E-state index contributed by atoms with van der Waals surface area (Å²) in [6, 6.07) is 6.91. The highest BCUT2D eigenvalue weighted by atomic mass is 32.2. The van der Waals surface area contributed by atoms with Crippen molar-refractivity contribution in [3.8, 4) is 17.2 Å². The molecule has 0 heterocycles. The van der Waals surface area contributed by atoms with E-state index in [1.54, 1.807) is 0 Å². The largest absolute Gasteiger partial charge is 0.508 e. The van der Waals surface area contributed by atoms with Crippen molar-refractivity contribution in [1.82, 2.24) is 0 Å². The van der Waals surface area contributed by atoms with Gasteiger partial charge in [0.2, 0.25) is 0 Å². The van der Waals surface area contributed by atoms with Gasteiger partial charge < -0.3 is 15.3 Å². The van der Waals surface area contributed by atoms with Crippen LogP contribution in [0.15, 0.2) is 46.3 Å². The summed E-state index contributed by atoms with van der Waals surface area (Å²) in [5.41, 5.74) is 0.155. The summed E-state index contributed by atoms with van der Waals surface area (Å²) in [5, 5.41) is 28.3. The van der Waals surface area contributed by atoms with E-state index in [0.717, 1.165) is 24.3 Å². The van der Waals surface area contributed by atoms with E-state index < -0.39 is 15.0 Å². The van der Waals surface area contributed by atoms with E-state index in [1.807, 2.05) is 0 Å². The quantitative estimate of drug-likeness (QED) is 0.505. The summed E-state index contributed by atoms with van der Waals surface area (Å²) in [4.78, 5) is 3.43. The Morgan fingerprint density at radius 3 is 2.29 bits per heavy atom. The molecule has 21 heavy (non-hydrogen) atoms. The van der Waals surface area contributed by atoms with Crippen LogP contribution >= 0.6 is 0 Å². The number of aliphatic imine (C=N–C) groups is 1. The van der Waals surface area contributed by atoms with Gasteiger partial charge >= 0.3 is 0 Å². The van der Waals surface area contributed by atoms with E-state index in [4.69, 9.17) is 9.66 Å². The number of nitrogens with zero attached hydrogens (tertiary/aromatic N) is 1. The number of phenols is 3. The van der Waals surface area contributed by atoms with Crippen molar-refractivity contribution in [2.45, 2.75) is 4.90 Å². The van der Waals surface area contributed by atoms with Gasteiger partial charge in [0.25, 0.3) is 10.1 Å². The lowest BCUT2D eigenvalue weighted by molar-refractivity contribution is 0.450. The van der Waals surface area contributed by atoms with Crippen molar-refractivity contribution in [1.29, 1.82) is 0 Å². The van der Waals surface area contributed by atoms with Gasteiger partial charge in [-0.05, 0) is 30.3 Å². The maximum absolute atomic E-state index is 11.0. The van der Waals surface area contributed by atoms with Crippen LogP contribution in [-0.4, -0.2) is 34.5 Å². The smallest absolute Gasteiger partial charge is 0.294 e. The third kappa shape index (κ3) is 3.50. The average molecular weight is 309 g/mol. The lowest BCUT2D eigenvalue weighted by Gasteiger charge is -2.03. The SMILES string of the molecule is O=S(=O)(O)c1ccc(O)c(N=Cc2ccc(O)cc2O)c1. The highest BCUT2D eigenvalue weighted by Gasteiger charge is 2.12. The molecule has 4 N–H and O–H groups in total. The molecule has 110 valence electrons. The van der Waals surface area contributed by atoms with Gasteiger partial charge in [0.1, 0.15) is 22.9 Å². The number of phenolic OH excluding ortho intramolecular Hbond substituents is 3. The Kier molecular flexibility index (Phi) is 3.83. The van der Waals surface area contributed by atoms with Crippen LogP contribution < -0.4 is 0 Å². The molecule has 0 amide bonds. The van der Waals surface area contributed by atoms with E-state index in [-0.39, 0.29) is 28.5 Å². The van der Waals surface area contributed by atoms with E-state index in [1.165, 1.54) is 18.3 Å². The molecular weight excluding hydrogens is 298 g/mol. The molecule has 0 aliphatic carbocycles. The lowest BCUT2D eigenvalue weighted by atomic mass is 10.2. The number of benzene rings is 2. The maximum Gasteiger partial charge on any atom is 0.294 e. The first-order valence-corrected chi connectivity index (χ1v) is 7.08. The Morgan fingerprint density at radius 2 is 1.67 bits per heavy atom. The van der Waals surface area contributed by atoms with E-state index in [9.17, 15) is 18.6 Å². The van der Waals surface area contributed by atoms with Crippen LogP contribution in [0.1, 0.15) is 5.56 Å². The molecule has 0 aromatic heterocycles.